The fourth-order valence-electron chi connectivity index (χ4n) is 4.19. The van der Waals surface area contributed by atoms with E-state index in [2.05, 4.69) is 15.9 Å². The molecule has 0 unspecified atom stereocenters. The predicted molar refractivity (Wildman–Crippen MR) is 131 cm³/mol. The fourth-order valence-corrected chi connectivity index (χ4v) is 4.69. The first-order valence-electron chi connectivity index (χ1n) is 11.9. The number of furan rings is 1. The zero-order valence-electron chi connectivity index (χ0n) is 20.1. The first-order chi connectivity index (χ1) is 16.8. The van der Waals surface area contributed by atoms with Crippen LogP contribution >= 0.6 is 15.9 Å². The molecule has 35 heavy (non-hydrogen) atoms. The van der Waals surface area contributed by atoms with E-state index in [-0.39, 0.29) is 13.2 Å². The van der Waals surface area contributed by atoms with E-state index in [1.807, 2.05) is 30.3 Å². The lowest BCUT2D eigenvalue weighted by Crippen LogP contribution is -2.44. The van der Waals surface area contributed by atoms with E-state index < -0.39 is 36.0 Å². The molecule has 8 nitrogen and oxygen atoms in total. The molecule has 1 aliphatic heterocycles. The Morgan fingerprint density at radius 1 is 1.20 bits per heavy atom. The molecule has 1 fully saturated rings. The number of benzene rings is 1. The second-order valence-corrected chi connectivity index (χ2v) is 9.61. The van der Waals surface area contributed by atoms with E-state index in [0.717, 1.165) is 40.6 Å². The number of carbonyl (C=O) groups excluding carboxylic acids is 3. The van der Waals surface area contributed by atoms with Gasteiger partial charge in [-0.2, -0.15) is 0 Å². The highest BCUT2D eigenvalue weighted by Gasteiger charge is 2.43. The number of cyclic esters (lactones) is 1. The Bertz CT molecular complexity index is 1010. The van der Waals surface area contributed by atoms with E-state index in [4.69, 9.17) is 19.0 Å². The Morgan fingerprint density at radius 2 is 1.91 bits per heavy atom. The van der Waals surface area contributed by atoms with Crippen molar-refractivity contribution in [1.29, 1.82) is 0 Å². The van der Waals surface area contributed by atoms with Crippen LogP contribution < -0.4 is 0 Å². The molecule has 2 heterocycles. The van der Waals surface area contributed by atoms with Gasteiger partial charge in [-0.1, -0.05) is 43.2 Å². The summed E-state index contributed by atoms with van der Waals surface area (Å²) in [4.78, 5) is 39.0. The van der Waals surface area contributed by atoms with Gasteiger partial charge in [0.15, 0.2) is 6.10 Å². The van der Waals surface area contributed by atoms with Crippen LogP contribution in [-0.4, -0.2) is 47.2 Å². The van der Waals surface area contributed by atoms with Crippen molar-refractivity contribution in [2.45, 2.75) is 64.5 Å². The third-order valence-corrected chi connectivity index (χ3v) is 6.69. The molecule has 190 valence electrons. The van der Waals surface area contributed by atoms with E-state index >= 15 is 0 Å². The monoisotopic (exact) mass is 549 g/mol. The maximum absolute atomic E-state index is 13.5. The largest absolute Gasteiger partial charge is 0.461 e. The van der Waals surface area contributed by atoms with Crippen LogP contribution in [0.3, 0.4) is 0 Å². The molecule has 2 amide bonds. The highest BCUT2D eigenvalue weighted by Crippen LogP contribution is 2.35. The van der Waals surface area contributed by atoms with Crippen molar-refractivity contribution in [1.82, 2.24) is 4.90 Å². The number of aliphatic hydroxyl groups excluding tert-OH is 1. The second-order valence-electron chi connectivity index (χ2n) is 8.76. The van der Waals surface area contributed by atoms with Crippen molar-refractivity contribution in [2.24, 2.45) is 5.92 Å². The van der Waals surface area contributed by atoms with E-state index in [9.17, 15) is 14.4 Å². The highest BCUT2D eigenvalue weighted by molar-refractivity contribution is 9.10. The maximum atomic E-state index is 13.5. The van der Waals surface area contributed by atoms with Crippen LogP contribution in [0.15, 0.2) is 45.3 Å². The van der Waals surface area contributed by atoms with Gasteiger partial charge in [-0.05, 0) is 53.7 Å². The minimum atomic E-state index is -0.995. The number of hydrogen-bond donors (Lipinski definition) is 1. The summed E-state index contributed by atoms with van der Waals surface area (Å²) in [5.74, 6) is -0.887. The zero-order chi connectivity index (χ0) is 25.4. The summed E-state index contributed by atoms with van der Waals surface area (Å²) in [5.41, 5.74) is 0.983. The molecule has 1 aliphatic rings. The van der Waals surface area contributed by atoms with Gasteiger partial charge in [-0.25, -0.2) is 9.69 Å². The standard InChI is InChI=1S/C26H32BrNO7/c1-17(25(31)28-20(16-33-26(28)32)14-19-10-6-5-7-11-19)24(34-18(2)30)23-15-21(27)22(35-23)12-8-3-4-9-13-29/h5-7,10-11,15,17,20,24,29H,3-4,8-9,12-14,16H2,1-2H3/t17-,20-,24-/m1/s1. The van der Waals surface area contributed by atoms with Gasteiger partial charge in [0.1, 0.15) is 18.1 Å². The summed E-state index contributed by atoms with van der Waals surface area (Å²) in [6.45, 7) is 3.18. The van der Waals surface area contributed by atoms with Gasteiger partial charge in [-0.15, -0.1) is 0 Å². The lowest BCUT2D eigenvalue weighted by molar-refractivity contribution is -0.154. The smallest absolute Gasteiger partial charge is 0.416 e. The molecule has 1 aromatic heterocycles. The predicted octanol–water partition coefficient (Wildman–Crippen LogP) is 4.97. The lowest BCUT2D eigenvalue weighted by Gasteiger charge is -2.27. The number of aliphatic hydroxyl groups is 1. The van der Waals surface area contributed by atoms with Crippen molar-refractivity contribution in [3.8, 4) is 0 Å². The molecule has 9 heteroatoms. The van der Waals surface area contributed by atoms with Crippen molar-refractivity contribution in [3.05, 3.63) is 58.0 Å². The third kappa shape index (κ3) is 7.18. The molecule has 3 atom stereocenters. The number of rotatable bonds is 12. The van der Waals surface area contributed by atoms with Crippen molar-refractivity contribution < 1.29 is 33.4 Å². The Morgan fingerprint density at radius 3 is 2.60 bits per heavy atom. The fraction of sp³-hybridized carbons (Fsp3) is 0.500. The lowest BCUT2D eigenvalue weighted by atomic mass is 9.98. The van der Waals surface area contributed by atoms with Crippen molar-refractivity contribution >= 4 is 33.9 Å². The van der Waals surface area contributed by atoms with Crippen LogP contribution in [0.25, 0.3) is 0 Å². The number of hydrogen-bond acceptors (Lipinski definition) is 7. The molecule has 0 bridgehead atoms. The molecule has 0 aliphatic carbocycles. The number of aryl methyl sites for hydroxylation is 1. The molecule has 3 rings (SSSR count). The van der Waals surface area contributed by atoms with Gasteiger partial charge in [-0.3, -0.25) is 9.59 Å². The number of nitrogens with zero attached hydrogens (tertiary/aromatic N) is 1. The number of ether oxygens (including phenoxy) is 2. The first-order valence-corrected chi connectivity index (χ1v) is 12.7. The number of halogens is 1. The summed E-state index contributed by atoms with van der Waals surface area (Å²) in [6.07, 6.45) is 2.96. The van der Waals surface area contributed by atoms with Crippen molar-refractivity contribution in [3.63, 3.8) is 0 Å². The normalized spacial score (nSPS) is 17.2. The van der Waals surface area contributed by atoms with Crippen LogP contribution in [0.5, 0.6) is 0 Å². The van der Waals surface area contributed by atoms with Crippen LogP contribution in [-0.2, 0) is 31.9 Å². The molecular weight excluding hydrogens is 518 g/mol. The van der Waals surface area contributed by atoms with Gasteiger partial charge in [0, 0.05) is 20.0 Å². The van der Waals surface area contributed by atoms with Gasteiger partial charge < -0.3 is 19.0 Å². The zero-order valence-corrected chi connectivity index (χ0v) is 21.7. The van der Waals surface area contributed by atoms with Crippen molar-refractivity contribution in [2.75, 3.05) is 13.2 Å². The minimum absolute atomic E-state index is 0.108. The molecule has 1 N–H and O–H groups in total. The molecule has 2 aromatic rings. The maximum Gasteiger partial charge on any atom is 0.416 e. The molecule has 0 spiro atoms. The van der Waals surface area contributed by atoms with Gasteiger partial charge in [0.2, 0.25) is 5.91 Å². The number of amides is 2. The molecule has 1 saturated heterocycles. The van der Waals surface area contributed by atoms with Crippen LogP contribution in [0.2, 0.25) is 0 Å². The quantitative estimate of drug-likeness (QED) is 0.294. The number of esters is 1. The number of imide groups is 1. The molecule has 1 aromatic carbocycles. The average molecular weight is 550 g/mol. The topological polar surface area (TPSA) is 106 Å². The Labute approximate surface area is 213 Å². The summed E-state index contributed by atoms with van der Waals surface area (Å²) in [5, 5.41) is 8.92. The minimum Gasteiger partial charge on any atom is -0.461 e. The van der Waals surface area contributed by atoms with E-state index in [1.54, 1.807) is 13.0 Å². The van der Waals surface area contributed by atoms with E-state index in [0.29, 0.717) is 24.4 Å². The van der Waals surface area contributed by atoms with Gasteiger partial charge in [0.05, 0.1) is 16.4 Å². The summed E-state index contributed by atoms with van der Waals surface area (Å²) >= 11 is 3.50. The van der Waals surface area contributed by atoms with Gasteiger partial charge in [0.25, 0.3) is 0 Å². The third-order valence-electron chi connectivity index (χ3n) is 6.02. The molecule has 0 saturated carbocycles. The second kappa shape index (κ2) is 12.9. The average Bonchev–Trinajstić information content (AvgIpc) is 3.38. The van der Waals surface area contributed by atoms with Gasteiger partial charge >= 0.3 is 12.1 Å². The van der Waals surface area contributed by atoms with E-state index in [1.165, 1.54) is 6.92 Å². The van der Waals surface area contributed by atoms with Crippen LogP contribution in [0.4, 0.5) is 4.79 Å². The Balaban J connectivity index is 1.76. The summed E-state index contributed by atoms with van der Waals surface area (Å²) in [7, 11) is 0. The molecular formula is C26H32BrNO7. The van der Waals surface area contributed by atoms with Crippen LogP contribution in [0.1, 0.15) is 62.7 Å². The summed E-state index contributed by atoms with van der Waals surface area (Å²) in [6, 6.07) is 10.8. The Kier molecular flexibility index (Phi) is 9.92. The Hall–Kier alpha value is -2.65. The van der Waals surface area contributed by atoms with Crippen LogP contribution in [0, 0.1) is 5.92 Å². The number of carbonyl (C=O) groups is 3. The SMILES string of the molecule is CC(=O)O[C@@H](c1cc(Br)c(CCCCCCO)o1)[C@@H](C)C(=O)N1C(=O)OC[C@H]1Cc1ccccc1. The summed E-state index contributed by atoms with van der Waals surface area (Å²) < 4.78 is 17.4. The first kappa shape index (κ1) is 26.9. The number of unbranched alkanes of at least 4 members (excludes halogenated alkanes) is 3. The highest BCUT2D eigenvalue weighted by atomic mass is 79.9. The molecule has 0 radical (unpaired) electrons.